The van der Waals surface area contributed by atoms with Crippen LogP contribution < -0.4 is 11.1 Å². The summed E-state index contributed by atoms with van der Waals surface area (Å²) in [4.78, 5) is 0. The maximum atomic E-state index is 6.10. The van der Waals surface area contributed by atoms with E-state index in [0.717, 1.165) is 24.9 Å². The number of nitrogens with two attached hydrogens (primary N) is 1. The highest BCUT2D eigenvalue weighted by atomic mass is 35.5. The Labute approximate surface area is 106 Å². The largest absolute Gasteiger partial charge is 0.381 e. The van der Waals surface area contributed by atoms with Gasteiger partial charge in [-0.2, -0.15) is 0 Å². The second kappa shape index (κ2) is 5.26. The minimum atomic E-state index is 0.309. The maximum Gasteiger partial charge on any atom is 0.0638 e. The Hall–Kier alpha value is -0.440. The molecule has 0 radical (unpaired) electrons. The van der Waals surface area contributed by atoms with E-state index in [1.807, 2.05) is 12.1 Å². The van der Waals surface area contributed by atoms with Gasteiger partial charge in [0.25, 0.3) is 0 Å². The molecule has 1 saturated carbocycles. The molecule has 2 rings (SSSR count). The molecule has 1 aromatic rings. The Morgan fingerprint density at radius 1 is 1.25 bits per heavy atom. The van der Waals surface area contributed by atoms with Crippen molar-refractivity contribution in [1.29, 1.82) is 0 Å². The second-order valence-corrected chi connectivity index (χ2v) is 5.24. The molecule has 0 bridgehead atoms. The van der Waals surface area contributed by atoms with Crippen LogP contribution in [0.5, 0.6) is 0 Å². The fraction of sp³-hybridized carbons (Fsp3) is 0.500. The van der Waals surface area contributed by atoms with Gasteiger partial charge in [-0.05, 0) is 43.9 Å². The summed E-state index contributed by atoms with van der Waals surface area (Å²) in [6, 6.07) is 6.20. The minimum absolute atomic E-state index is 0.309. The minimum Gasteiger partial charge on any atom is -0.381 e. The summed E-state index contributed by atoms with van der Waals surface area (Å²) in [7, 11) is 0. The fourth-order valence-corrected chi connectivity index (χ4v) is 2.53. The normalized spacial score (nSPS) is 25.4. The third kappa shape index (κ3) is 3.03. The van der Waals surface area contributed by atoms with Crippen molar-refractivity contribution in [2.45, 2.75) is 37.8 Å². The van der Waals surface area contributed by atoms with Gasteiger partial charge in [-0.15, -0.1) is 0 Å². The fourth-order valence-electron chi connectivity index (χ4n) is 2.19. The maximum absolute atomic E-state index is 6.10. The molecule has 2 unspecified atom stereocenters. The molecule has 1 fully saturated rings. The Morgan fingerprint density at radius 3 is 2.81 bits per heavy atom. The summed E-state index contributed by atoms with van der Waals surface area (Å²) in [5, 5.41) is 4.84. The average molecular weight is 259 g/mol. The number of hydrogen-bond acceptors (Lipinski definition) is 2. The molecule has 4 heteroatoms. The molecule has 1 aliphatic carbocycles. The zero-order chi connectivity index (χ0) is 11.5. The van der Waals surface area contributed by atoms with Crippen LogP contribution in [0, 0.1) is 0 Å². The van der Waals surface area contributed by atoms with E-state index < -0.39 is 0 Å². The summed E-state index contributed by atoms with van der Waals surface area (Å²) < 4.78 is 0. The molecule has 0 saturated heterocycles. The molecular weight excluding hydrogens is 243 g/mol. The van der Waals surface area contributed by atoms with E-state index in [4.69, 9.17) is 28.9 Å². The molecule has 0 aromatic heterocycles. The summed E-state index contributed by atoms with van der Waals surface area (Å²) >= 11 is 12.0. The Morgan fingerprint density at radius 2 is 2.06 bits per heavy atom. The van der Waals surface area contributed by atoms with Crippen molar-refractivity contribution < 1.29 is 0 Å². The van der Waals surface area contributed by atoms with Gasteiger partial charge in [0.2, 0.25) is 0 Å². The van der Waals surface area contributed by atoms with E-state index in [1.165, 1.54) is 6.42 Å². The number of benzene rings is 1. The summed E-state index contributed by atoms with van der Waals surface area (Å²) in [6.07, 6.45) is 4.46. The van der Waals surface area contributed by atoms with Crippen LogP contribution in [0.25, 0.3) is 0 Å². The van der Waals surface area contributed by atoms with E-state index in [-0.39, 0.29) is 0 Å². The molecular formula is C12H16Cl2N2. The molecule has 2 atom stereocenters. The third-order valence-electron chi connectivity index (χ3n) is 3.00. The Bertz CT molecular complexity index is 368. The van der Waals surface area contributed by atoms with Crippen molar-refractivity contribution in [1.82, 2.24) is 0 Å². The third-order valence-corrected chi connectivity index (χ3v) is 3.57. The van der Waals surface area contributed by atoms with Crippen molar-refractivity contribution in [3.63, 3.8) is 0 Å². The van der Waals surface area contributed by atoms with Crippen LogP contribution in [0.3, 0.4) is 0 Å². The molecule has 0 amide bonds. The number of nitrogens with one attached hydrogen (secondary N) is 1. The van der Waals surface area contributed by atoms with Gasteiger partial charge in [0.1, 0.15) is 0 Å². The van der Waals surface area contributed by atoms with Gasteiger partial charge in [0.15, 0.2) is 0 Å². The van der Waals surface area contributed by atoms with Crippen LogP contribution in [0.1, 0.15) is 25.7 Å². The van der Waals surface area contributed by atoms with Crippen molar-refractivity contribution in [2.24, 2.45) is 5.73 Å². The lowest BCUT2D eigenvalue weighted by molar-refractivity contribution is 0.409. The Balaban J connectivity index is 2.05. The summed E-state index contributed by atoms with van der Waals surface area (Å²) in [6.45, 7) is 0. The highest BCUT2D eigenvalue weighted by molar-refractivity contribution is 6.35. The molecule has 0 heterocycles. The van der Waals surface area contributed by atoms with Crippen LogP contribution in [0.15, 0.2) is 18.2 Å². The number of hydrogen-bond donors (Lipinski definition) is 2. The first-order chi connectivity index (χ1) is 7.65. The van der Waals surface area contributed by atoms with Crippen molar-refractivity contribution in [2.75, 3.05) is 5.32 Å². The van der Waals surface area contributed by atoms with Gasteiger partial charge in [0, 0.05) is 17.1 Å². The summed E-state index contributed by atoms with van der Waals surface area (Å²) in [5.41, 5.74) is 6.86. The SMILES string of the molecule is NC1CCCC(Nc2cc(Cl)ccc2Cl)C1. The van der Waals surface area contributed by atoms with Gasteiger partial charge < -0.3 is 11.1 Å². The average Bonchev–Trinajstić information content (AvgIpc) is 2.24. The molecule has 16 heavy (non-hydrogen) atoms. The van der Waals surface area contributed by atoms with E-state index in [1.54, 1.807) is 6.07 Å². The zero-order valence-corrected chi connectivity index (χ0v) is 10.6. The second-order valence-electron chi connectivity index (χ2n) is 4.39. The molecule has 88 valence electrons. The molecule has 0 aliphatic heterocycles. The topological polar surface area (TPSA) is 38.0 Å². The van der Waals surface area contributed by atoms with Gasteiger partial charge in [-0.1, -0.05) is 23.2 Å². The first-order valence-electron chi connectivity index (χ1n) is 5.62. The predicted molar refractivity (Wildman–Crippen MR) is 70.3 cm³/mol. The van der Waals surface area contributed by atoms with E-state index in [9.17, 15) is 0 Å². The summed E-state index contributed by atoms with van der Waals surface area (Å²) in [5.74, 6) is 0. The lowest BCUT2D eigenvalue weighted by Crippen LogP contribution is -2.34. The molecule has 2 nitrogen and oxygen atoms in total. The number of rotatable bonds is 2. The van der Waals surface area contributed by atoms with Crippen LogP contribution in [-0.2, 0) is 0 Å². The first kappa shape index (κ1) is 12.0. The number of halogens is 2. The van der Waals surface area contributed by atoms with Crippen molar-refractivity contribution >= 4 is 28.9 Å². The zero-order valence-electron chi connectivity index (χ0n) is 9.05. The van der Waals surface area contributed by atoms with Gasteiger partial charge >= 0.3 is 0 Å². The van der Waals surface area contributed by atoms with Crippen LogP contribution in [-0.4, -0.2) is 12.1 Å². The molecule has 1 aliphatic rings. The van der Waals surface area contributed by atoms with Crippen LogP contribution in [0.4, 0.5) is 5.69 Å². The smallest absolute Gasteiger partial charge is 0.0638 e. The van der Waals surface area contributed by atoms with Crippen molar-refractivity contribution in [3.05, 3.63) is 28.2 Å². The van der Waals surface area contributed by atoms with Crippen LogP contribution >= 0.6 is 23.2 Å². The first-order valence-corrected chi connectivity index (χ1v) is 6.38. The van der Waals surface area contributed by atoms with E-state index in [0.29, 0.717) is 22.1 Å². The predicted octanol–water partition coefficient (Wildman–Crippen LogP) is 3.68. The molecule has 0 spiro atoms. The highest BCUT2D eigenvalue weighted by Gasteiger charge is 2.19. The quantitative estimate of drug-likeness (QED) is 0.850. The lowest BCUT2D eigenvalue weighted by Gasteiger charge is -2.28. The lowest BCUT2D eigenvalue weighted by atomic mass is 9.91. The molecule has 1 aromatic carbocycles. The number of anilines is 1. The van der Waals surface area contributed by atoms with E-state index in [2.05, 4.69) is 5.32 Å². The van der Waals surface area contributed by atoms with Gasteiger partial charge in [-0.25, -0.2) is 0 Å². The highest BCUT2D eigenvalue weighted by Crippen LogP contribution is 2.28. The van der Waals surface area contributed by atoms with E-state index >= 15 is 0 Å². The van der Waals surface area contributed by atoms with Gasteiger partial charge in [0.05, 0.1) is 10.7 Å². The van der Waals surface area contributed by atoms with Gasteiger partial charge in [-0.3, -0.25) is 0 Å². The van der Waals surface area contributed by atoms with Crippen molar-refractivity contribution in [3.8, 4) is 0 Å². The Kier molecular flexibility index (Phi) is 3.95. The van der Waals surface area contributed by atoms with Crippen LogP contribution in [0.2, 0.25) is 10.0 Å². The standard InChI is InChI=1S/C12H16Cl2N2/c13-8-4-5-11(14)12(6-8)16-10-3-1-2-9(15)7-10/h4-6,9-10,16H,1-3,7,15H2. The monoisotopic (exact) mass is 258 g/mol. The molecule has 3 N–H and O–H groups in total.